The highest BCUT2D eigenvalue weighted by molar-refractivity contribution is 5.77. The number of carboxylic acid groups (broad SMARTS) is 1. The lowest BCUT2D eigenvalue weighted by atomic mass is 9.84. The van der Waals surface area contributed by atoms with Gasteiger partial charge in [-0.25, -0.2) is 0 Å². The summed E-state index contributed by atoms with van der Waals surface area (Å²) in [6.45, 7) is 4.18. The maximum atomic E-state index is 11.9. The van der Waals surface area contributed by atoms with Gasteiger partial charge in [0.25, 0.3) is 0 Å². The minimum atomic E-state index is -0.776. The molecule has 0 bridgehead atoms. The Bertz CT molecular complexity index is 309. The van der Waals surface area contributed by atoms with Gasteiger partial charge in [-0.2, -0.15) is 0 Å². The standard InChI is InChI=1S/C13H24N2O4/c1-10(7-13(17)18)11-3-2-5-15(8-11)12(16)9-19-6-4-14/h10-11H,2-9,14H2,1H3,(H,17,18). The van der Waals surface area contributed by atoms with Gasteiger partial charge in [0.2, 0.25) is 5.91 Å². The molecular formula is C13H24N2O4. The number of aliphatic carboxylic acids is 1. The van der Waals surface area contributed by atoms with Crippen LogP contribution in [-0.4, -0.2) is 54.7 Å². The molecule has 3 N–H and O–H groups in total. The molecule has 2 atom stereocenters. The highest BCUT2D eigenvalue weighted by atomic mass is 16.5. The molecule has 1 heterocycles. The molecule has 0 aromatic rings. The van der Waals surface area contributed by atoms with Crippen molar-refractivity contribution < 1.29 is 19.4 Å². The number of piperidine rings is 1. The van der Waals surface area contributed by atoms with Crippen LogP contribution in [0, 0.1) is 11.8 Å². The number of nitrogens with two attached hydrogens (primary N) is 1. The summed E-state index contributed by atoms with van der Waals surface area (Å²) in [6.07, 6.45) is 2.08. The second-order valence-corrected chi connectivity index (χ2v) is 5.16. The summed E-state index contributed by atoms with van der Waals surface area (Å²) < 4.78 is 5.15. The number of hydrogen-bond donors (Lipinski definition) is 2. The quantitative estimate of drug-likeness (QED) is 0.651. The van der Waals surface area contributed by atoms with E-state index in [1.54, 1.807) is 4.90 Å². The largest absolute Gasteiger partial charge is 0.481 e. The van der Waals surface area contributed by atoms with E-state index in [4.69, 9.17) is 15.6 Å². The van der Waals surface area contributed by atoms with Crippen LogP contribution >= 0.6 is 0 Å². The van der Waals surface area contributed by atoms with Crippen LogP contribution in [0.5, 0.6) is 0 Å². The van der Waals surface area contributed by atoms with Gasteiger partial charge in [-0.05, 0) is 24.7 Å². The Labute approximate surface area is 113 Å². The van der Waals surface area contributed by atoms with Gasteiger partial charge in [0, 0.05) is 26.1 Å². The Balaban J connectivity index is 2.40. The van der Waals surface area contributed by atoms with Crippen LogP contribution in [0.15, 0.2) is 0 Å². The Morgan fingerprint density at radius 3 is 2.89 bits per heavy atom. The monoisotopic (exact) mass is 272 g/mol. The number of hydrogen-bond acceptors (Lipinski definition) is 4. The Morgan fingerprint density at radius 2 is 2.26 bits per heavy atom. The number of carboxylic acids is 1. The van der Waals surface area contributed by atoms with Crippen molar-refractivity contribution in [1.82, 2.24) is 4.90 Å². The van der Waals surface area contributed by atoms with E-state index in [1.807, 2.05) is 6.92 Å². The van der Waals surface area contributed by atoms with E-state index in [0.717, 1.165) is 19.4 Å². The number of carbonyl (C=O) groups excluding carboxylic acids is 1. The number of likely N-dealkylation sites (tertiary alicyclic amines) is 1. The van der Waals surface area contributed by atoms with E-state index in [0.29, 0.717) is 19.7 Å². The molecule has 1 rings (SSSR count). The van der Waals surface area contributed by atoms with Crippen molar-refractivity contribution in [2.75, 3.05) is 32.8 Å². The zero-order valence-corrected chi connectivity index (χ0v) is 11.5. The first kappa shape index (κ1) is 15.9. The fourth-order valence-corrected chi connectivity index (χ4v) is 2.48. The summed E-state index contributed by atoms with van der Waals surface area (Å²) in [4.78, 5) is 24.4. The molecule has 0 aliphatic carbocycles. The van der Waals surface area contributed by atoms with Crippen molar-refractivity contribution in [3.05, 3.63) is 0 Å². The van der Waals surface area contributed by atoms with Crippen LogP contribution in [0.25, 0.3) is 0 Å². The topological polar surface area (TPSA) is 92.9 Å². The number of ether oxygens (including phenoxy) is 1. The lowest BCUT2D eigenvalue weighted by molar-refractivity contribution is -0.139. The van der Waals surface area contributed by atoms with Gasteiger partial charge < -0.3 is 20.5 Å². The lowest BCUT2D eigenvalue weighted by Gasteiger charge is -2.35. The van der Waals surface area contributed by atoms with Crippen molar-refractivity contribution in [3.8, 4) is 0 Å². The van der Waals surface area contributed by atoms with Gasteiger partial charge in [0.05, 0.1) is 6.61 Å². The van der Waals surface area contributed by atoms with Gasteiger partial charge in [0.15, 0.2) is 0 Å². The van der Waals surface area contributed by atoms with E-state index in [1.165, 1.54) is 0 Å². The normalized spacial score (nSPS) is 21.2. The molecule has 1 fully saturated rings. The summed E-state index contributed by atoms with van der Waals surface area (Å²) in [5, 5.41) is 8.82. The van der Waals surface area contributed by atoms with Gasteiger partial charge in [-0.3, -0.25) is 9.59 Å². The third kappa shape index (κ3) is 5.57. The lowest BCUT2D eigenvalue weighted by Crippen LogP contribution is -2.43. The maximum Gasteiger partial charge on any atom is 0.303 e. The fourth-order valence-electron chi connectivity index (χ4n) is 2.48. The molecular weight excluding hydrogens is 248 g/mol. The molecule has 1 saturated heterocycles. The van der Waals surface area contributed by atoms with Crippen molar-refractivity contribution in [3.63, 3.8) is 0 Å². The number of rotatable bonds is 7. The van der Waals surface area contributed by atoms with Crippen LogP contribution in [0.4, 0.5) is 0 Å². The van der Waals surface area contributed by atoms with Crippen LogP contribution in [-0.2, 0) is 14.3 Å². The van der Waals surface area contributed by atoms with Crippen molar-refractivity contribution in [2.24, 2.45) is 17.6 Å². The number of amides is 1. The zero-order chi connectivity index (χ0) is 14.3. The average Bonchev–Trinajstić information content (AvgIpc) is 2.38. The van der Waals surface area contributed by atoms with Crippen molar-refractivity contribution in [2.45, 2.75) is 26.2 Å². The number of carbonyl (C=O) groups is 2. The average molecular weight is 272 g/mol. The van der Waals surface area contributed by atoms with E-state index in [9.17, 15) is 9.59 Å². The van der Waals surface area contributed by atoms with Crippen molar-refractivity contribution >= 4 is 11.9 Å². The molecule has 19 heavy (non-hydrogen) atoms. The SMILES string of the molecule is CC(CC(=O)O)C1CCCN(C(=O)COCCN)C1. The summed E-state index contributed by atoms with van der Waals surface area (Å²) >= 11 is 0. The minimum absolute atomic E-state index is 0.0272. The molecule has 1 aliphatic heterocycles. The predicted octanol–water partition coefficient (Wildman–Crippen LogP) is 0.311. The van der Waals surface area contributed by atoms with E-state index in [2.05, 4.69) is 0 Å². The molecule has 0 radical (unpaired) electrons. The summed E-state index contributed by atoms with van der Waals surface area (Å²) in [5.74, 6) is -0.440. The summed E-state index contributed by atoms with van der Waals surface area (Å²) in [6, 6.07) is 0. The molecule has 0 aromatic carbocycles. The zero-order valence-electron chi connectivity index (χ0n) is 11.5. The Hall–Kier alpha value is -1.14. The molecule has 1 amide bonds. The molecule has 0 saturated carbocycles. The van der Waals surface area contributed by atoms with Crippen LogP contribution < -0.4 is 5.73 Å². The van der Waals surface area contributed by atoms with Crippen LogP contribution in [0.2, 0.25) is 0 Å². The highest BCUT2D eigenvalue weighted by Gasteiger charge is 2.28. The third-order valence-electron chi connectivity index (χ3n) is 3.60. The molecule has 6 nitrogen and oxygen atoms in total. The predicted molar refractivity (Wildman–Crippen MR) is 70.6 cm³/mol. The Kier molecular flexibility index (Phi) is 6.80. The second kappa shape index (κ2) is 8.12. The molecule has 0 aromatic heterocycles. The third-order valence-corrected chi connectivity index (χ3v) is 3.60. The molecule has 110 valence electrons. The molecule has 1 aliphatic rings. The van der Waals surface area contributed by atoms with E-state index >= 15 is 0 Å². The second-order valence-electron chi connectivity index (χ2n) is 5.16. The van der Waals surface area contributed by atoms with Gasteiger partial charge in [-0.1, -0.05) is 6.92 Å². The maximum absolute atomic E-state index is 11.9. The van der Waals surface area contributed by atoms with E-state index in [-0.39, 0.29) is 30.8 Å². The van der Waals surface area contributed by atoms with Crippen LogP contribution in [0.3, 0.4) is 0 Å². The van der Waals surface area contributed by atoms with Crippen molar-refractivity contribution in [1.29, 1.82) is 0 Å². The smallest absolute Gasteiger partial charge is 0.303 e. The fraction of sp³-hybridized carbons (Fsp3) is 0.846. The van der Waals surface area contributed by atoms with E-state index < -0.39 is 5.97 Å². The summed E-state index contributed by atoms with van der Waals surface area (Å²) in [5.41, 5.74) is 5.30. The highest BCUT2D eigenvalue weighted by Crippen LogP contribution is 2.26. The van der Waals surface area contributed by atoms with Gasteiger partial charge in [0.1, 0.15) is 6.61 Å². The first-order valence-corrected chi connectivity index (χ1v) is 6.82. The van der Waals surface area contributed by atoms with Gasteiger partial charge >= 0.3 is 5.97 Å². The minimum Gasteiger partial charge on any atom is -0.481 e. The van der Waals surface area contributed by atoms with Gasteiger partial charge in [-0.15, -0.1) is 0 Å². The molecule has 6 heteroatoms. The molecule has 2 unspecified atom stereocenters. The van der Waals surface area contributed by atoms with Crippen LogP contribution in [0.1, 0.15) is 26.2 Å². The molecule has 0 spiro atoms. The first-order chi connectivity index (χ1) is 9.04. The first-order valence-electron chi connectivity index (χ1n) is 6.82. The summed E-state index contributed by atoms with van der Waals surface area (Å²) in [7, 11) is 0. The Morgan fingerprint density at radius 1 is 1.53 bits per heavy atom. The number of nitrogens with zero attached hydrogens (tertiary/aromatic N) is 1.